The molecule has 1 aromatic carbocycles. The number of hydrogen-bond acceptors (Lipinski definition) is 3. The Morgan fingerprint density at radius 2 is 2.09 bits per heavy atom. The van der Waals surface area contributed by atoms with Crippen LogP contribution < -0.4 is 10.6 Å². The van der Waals surface area contributed by atoms with Gasteiger partial charge in [0.25, 0.3) is 5.91 Å². The van der Waals surface area contributed by atoms with Crippen LogP contribution in [-0.2, 0) is 4.79 Å². The Labute approximate surface area is 129 Å². The van der Waals surface area contributed by atoms with E-state index in [0.29, 0.717) is 18.4 Å². The average Bonchev–Trinajstić information content (AvgIpc) is 2.46. The van der Waals surface area contributed by atoms with Gasteiger partial charge in [-0.15, -0.1) is 0 Å². The van der Waals surface area contributed by atoms with E-state index >= 15 is 0 Å². The second-order valence-electron chi connectivity index (χ2n) is 7.29. The second-order valence-corrected chi connectivity index (χ2v) is 7.29. The molecule has 5 rings (SSSR count). The molecule has 5 heteroatoms. The number of benzene rings is 1. The SMILES string of the molecule is C[C@@]12CC[C@@H](C[C@H]1C(=O)O)[C@]1(C2)NC(=O)c2ccccc2N1. The Balaban J connectivity index is 1.73. The Morgan fingerprint density at radius 1 is 1.32 bits per heavy atom. The van der Waals surface area contributed by atoms with Crippen molar-refractivity contribution in [1.82, 2.24) is 5.32 Å². The minimum absolute atomic E-state index is 0.0580. The number of carboxylic acid groups (broad SMARTS) is 1. The molecule has 1 aromatic rings. The van der Waals surface area contributed by atoms with Gasteiger partial charge in [0.15, 0.2) is 0 Å². The largest absolute Gasteiger partial charge is 0.481 e. The van der Waals surface area contributed by atoms with E-state index in [1.54, 1.807) is 0 Å². The van der Waals surface area contributed by atoms with E-state index in [9.17, 15) is 14.7 Å². The van der Waals surface area contributed by atoms with Crippen molar-refractivity contribution in [3.63, 3.8) is 0 Å². The van der Waals surface area contributed by atoms with Gasteiger partial charge in [-0.3, -0.25) is 9.59 Å². The lowest BCUT2D eigenvalue weighted by Gasteiger charge is -2.60. The summed E-state index contributed by atoms with van der Waals surface area (Å²) in [7, 11) is 0. The highest BCUT2D eigenvalue weighted by Crippen LogP contribution is 2.58. The summed E-state index contributed by atoms with van der Waals surface area (Å²) in [6.07, 6.45) is 3.16. The number of amides is 1. The van der Waals surface area contributed by atoms with Crippen LogP contribution in [0.25, 0.3) is 0 Å². The van der Waals surface area contributed by atoms with E-state index in [1.165, 1.54) is 0 Å². The lowest BCUT2D eigenvalue weighted by atomic mass is 9.51. The number of fused-ring (bicyclic) bond motifs is 3. The van der Waals surface area contributed by atoms with Gasteiger partial charge in [-0.1, -0.05) is 19.1 Å². The molecule has 1 spiro atoms. The molecule has 0 radical (unpaired) electrons. The highest BCUT2D eigenvalue weighted by molar-refractivity contribution is 6.02. The number of anilines is 1. The highest BCUT2D eigenvalue weighted by atomic mass is 16.4. The summed E-state index contributed by atoms with van der Waals surface area (Å²) >= 11 is 0. The Bertz CT molecular complexity index is 674. The third kappa shape index (κ3) is 1.71. The molecule has 0 aromatic heterocycles. The quantitative estimate of drug-likeness (QED) is 0.744. The van der Waals surface area contributed by atoms with Gasteiger partial charge in [0.2, 0.25) is 0 Å². The molecule has 22 heavy (non-hydrogen) atoms. The molecule has 3 fully saturated rings. The van der Waals surface area contributed by atoms with Crippen molar-refractivity contribution in [1.29, 1.82) is 0 Å². The van der Waals surface area contributed by atoms with Crippen LogP contribution in [0.3, 0.4) is 0 Å². The smallest absolute Gasteiger partial charge is 0.307 e. The summed E-state index contributed by atoms with van der Waals surface area (Å²) in [5.74, 6) is -0.914. The molecule has 116 valence electrons. The van der Waals surface area contributed by atoms with Gasteiger partial charge in [0, 0.05) is 11.6 Å². The van der Waals surface area contributed by atoms with Gasteiger partial charge in [-0.05, 0) is 43.2 Å². The van der Waals surface area contributed by atoms with Crippen molar-refractivity contribution >= 4 is 17.6 Å². The van der Waals surface area contributed by atoms with Crippen LogP contribution in [0.15, 0.2) is 24.3 Å². The van der Waals surface area contributed by atoms with Crippen LogP contribution in [0, 0.1) is 17.3 Å². The standard InChI is InChI=1S/C17H20N2O3/c1-16-7-6-10(8-12(16)15(21)22)17(9-16)18-13-5-3-2-4-11(13)14(20)19-17/h2-5,10,12,18H,6-9H2,1H3,(H,19,20)(H,21,22)/t10-,12-,16-,17-/m0/s1. The van der Waals surface area contributed by atoms with Crippen LogP contribution in [0.5, 0.6) is 0 Å². The van der Waals surface area contributed by atoms with Crippen LogP contribution >= 0.6 is 0 Å². The normalized spacial score (nSPS) is 39.0. The minimum Gasteiger partial charge on any atom is -0.481 e. The third-order valence-electron chi connectivity index (χ3n) is 5.97. The highest BCUT2D eigenvalue weighted by Gasteiger charge is 2.60. The summed E-state index contributed by atoms with van der Waals surface area (Å²) in [4.78, 5) is 24.1. The van der Waals surface area contributed by atoms with Crippen LogP contribution in [0.4, 0.5) is 5.69 Å². The Hall–Kier alpha value is -2.04. The lowest BCUT2D eigenvalue weighted by Crippen LogP contribution is -2.69. The first-order valence-corrected chi connectivity index (χ1v) is 7.86. The maximum Gasteiger partial charge on any atom is 0.307 e. The molecule has 1 amide bonds. The number of carbonyl (C=O) groups is 2. The predicted molar refractivity (Wildman–Crippen MR) is 81.5 cm³/mol. The van der Waals surface area contributed by atoms with Crippen molar-refractivity contribution in [2.24, 2.45) is 17.3 Å². The molecule has 0 saturated heterocycles. The van der Waals surface area contributed by atoms with Crippen LogP contribution in [0.2, 0.25) is 0 Å². The van der Waals surface area contributed by atoms with Crippen molar-refractivity contribution in [2.45, 2.75) is 38.3 Å². The summed E-state index contributed by atoms with van der Waals surface area (Å²) in [5, 5.41) is 16.2. The van der Waals surface area contributed by atoms with E-state index in [2.05, 4.69) is 17.6 Å². The molecule has 3 saturated carbocycles. The van der Waals surface area contributed by atoms with E-state index < -0.39 is 11.6 Å². The van der Waals surface area contributed by atoms with E-state index in [1.807, 2.05) is 24.3 Å². The molecule has 4 atom stereocenters. The number of aliphatic carboxylic acids is 1. The van der Waals surface area contributed by atoms with Gasteiger partial charge in [-0.25, -0.2) is 0 Å². The molecular formula is C17H20N2O3. The van der Waals surface area contributed by atoms with Crippen molar-refractivity contribution < 1.29 is 14.7 Å². The maximum absolute atomic E-state index is 12.5. The van der Waals surface area contributed by atoms with E-state index in [-0.39, 0.29) is 23.2 Å². The van der Waals surface area contributed by atoms with Crippen LogP contribution in [0.1, 0.15) is 43.0 Å². The fourth-order valence-corrected chi connectivity index (χ4v) is 4.83. The fourth-order valence-electron chi connectivity index (χ4n) is 4.83. The second kappa shape index (κ2) is 4.24. The first-order chi connectivity index (χ1) is 10.4. The zero-order valence-electron chi connectivity index (χ0n) is 12.6. The van der Waals surface area contributed by atoms with Gasteiger partial charge in [0.1, 0.15) is 5.66 Å². The molecule has 3 aliphatic carbocycles. The third-order valence-corrected chi connectivity index (χ3v) is 5.97. The number of hydrogen-bond donors (Lipinski definition) is 3. The summed E-state index contributed by atoms with van der Waals surface area (Å²) in [6.45, 7) is 2.05. The Kier molecular flexibility index (Phi) is 2.63. The summed E-state index contributed by atoms with van der Waals surface area (Å²) < 4.78 is 0. The topological polar surface area (TPSA) is 78.4 Å². The summed E-state index contributed by atoms with van der Waals surface area (Å²) in [5.41, 5.74) is 0.751. The van der Waals surface area contributed by atoms with Gasteiger partial charge >= 0.3 is 5.97 Å². The zero-order chi connectivity index (χ0) is 15.5. The monoisotopic (exact) mass is 300 g/mol. The molecule has 4 aliphatic rings. The van der Waals surface area contributed by atoms with Crippen molar-refractivity contribution in [3.05, 3.63) is 29.8 Å². The number of rotatable bonds is 1. The van der Waals surface area contributed by atoms with Gasteiger partial charge < -0.3 is 15.7 Å². The average molecular weight is 300 g/mol. The van der Waals surface area contributed by atoms with Gasteiger partial charge in [0.05, 0.1) is 11.5 Å². The molecular weight excluding hydrogens is 280 g/mol. The molecule has 1 aliphatic heterocycles. The van der Waals surface area contributed by atoms with E-state index in [4.69, 9.17) is 0 Å². The zero-order valence-corrected chi connectivity index (χ0v) is 12.6. The van der Waals surface area contributed by atoms with Crippen LogP contribution in [-0.4, -0.2) is 22.6 Å². The van der Waals surface area contributed by atoms with E-state index in [0.717, 1.165) is 18.5 Å². The fraction of sp³-hybridized carbons (Fsp3) is 0.529. The van der Waals surface area contributed by atoms with Crippen molar-refractivity contribution in [2.75, 3.05) is 5.32 Å². The maximum atomic E-state index is 12.5. The van der Waals surface area contributed by atoms with Gasteiger partial charge in [-0.2, -0.15) is 0 Å². The Morgan fingerprint density at radius 3 is 2.82 bits per heavy atom. The molecule has 0 unspecified atom stereocenters. The molecule has 1 heterocycles. The number of carboxylic acids is 1. The number of para-hydroxylation sites is 1. The molecule has 3 N–H and O–H groups in total. The molecule has 5 nitrogen and oxygen atoms in total. The first-order valence-electron chi connectivity index (χ1n) is 7.86. The number of carbonyl (C=O) groups excluding carboxylic acids is 1. The minimum atomic E-state index is -0.704. The molecule has 2 bridgehead atoms. The summed E-state index contributed by atoms with van der Waals surface area (Å²) in [6, 6.07) is 7.51. The lowest BCUT2D eigenvalue weighted by molar-refractivity contribution is -0.156. The number of nitrogens with one attached hydrogen (secondary N) is 2. The first kappa shape index (κ1) is 13.6. The van der Waals surface area contributed by atoms with Crippen molar-refractivity contribution in [3.8, 4) is 0 Å². The predicted octanol–water partition coefficient (Wildman–Crippen LogP) is 2.45.